The van der Waals surface area contributed by atoms with E-state index in [-0.39, 0.29) is 169 Å². The number of hydrogen-bond donors (Lipinski definition) is 16. The quantitative estimate of drug-likeness (QED) is 0.0682. The van der Waals surface area contributed by atoms with Crippen LogP contribution in [0.1, 0.15) is 314 Å². The Morgan fingerprint density at radius 3 is 0.628 bits per heavy atom. The topological polar surface area (TPSA) is 391 Å². The number of carbonyl (C=O) groups excluding carboxylic acids is 4. The Bertz CT molecular complexity index is 3060. The molecule has 16 saturated carbocycles. The molecule has 0 spiro atoms. The highest BCUT2D eigenvalue weighted by Crippen LogP contribution is 2.74. The molecule has 16 rings (SSSR count). The van der Waals surface area contributed by atoms with E-state index in [0.717, 1.165) is 205 Å². The van der Waals surface area contributed by atoms with Crippen LogP contribution in [0.25, 0.3) is 0 Å². The highest BCUT2D eigenvalue weighted by Gasteiger charge is 2.71. The van der Waals surface area contributed by atoms with E-state index in [0.29, 0.717) is 144 Å². The van der Waals surface area contributed by atoms with E-state index in [1.165, 1.54) is 0 Å². The first-order chi connectivity index (χ1) is 56.5. The lowest BCUT2D eigenvalue weighted by Gasteiger charge is -2.63. The largest absolute Gasteiger partial charge is 0.412 e. The molecule has 0 saturated heterocycles. The maximum Gasteiger partial charge on any atom is 0.219 e. The summed E-state index contributed by atoms with van der Waals surface area (Å²) in [6, 6.07) is 0. The molecule has 18 N–H and O–H groups in total. The Hall–Kier alpha value is -2.64. The monoisotopic (exact) mass is 1700 g/mol. The van der Waals surface area contributed by atoms with Crippen LogP contribution in [-0.2, 0) is 19.2 Å². The minimum atomic E-state index is -0.353. The smallest absolute Gasteiger partial charge is 0.219 e. The van der Waals surface area contributed by atoms with Crippen LogP contribution in [0.5, 0.6) is 0 Å². The van der Waals surface area contributed by atoms with Crippen LogP contribution in [0.15, 0.2) is 0 Å². The molecule has 44 atom stereocenters. The zero-order valence-electron chi connectivity index (χ0n) is 77.7. The summed E-state index contributed by atoms with van der Waals surface area (Å²) in [5.41, 5.74) is -0.238. The van der Waals surface area contributed by atoms with Gasteiger partial charge in [-0.3, -0.25) is 19.2 Å². The van der Waals surface area contributed by atoms with Gasteiger partial charge in [0.2, 0.25) is 23.6 Å². The van der Waals surface area contributed by atoms with Crippen molar-refractivity contribution in [3.63, 3.8) is 0 Å². The molecule has 696 valence electrons. The summed E-state index contributed by atoms with van der Waals surface area (Å²) in [5, 5.41) is 143. The van der Waals surface area contributed by atoms with Crippen molar-refractivity contribution in [2.75, 3.05) is 28.2 Å². The Balaban J connectivity index is 0.000000147. The fourth-order valence-corrected chi connectivity index (χ4v) is 35.3. The zero-order chi connectivity index (χ0) is 87.4. The number of aliphatic hydroxyl groups is 12. The molecule has 21 heteroatoms. The maximum absolute atomic E-state index is 11.8. The second-order valence-electron chi connectivity index (χ2n) is 46.9. The molecule has 16 fully saturated rings. The molecule has 4 amide bonds. The van der Waals surface area contributed by atoms with E-state index in [1.807, 2.05) is 0 Å². The summed E-state index contributed by atoms with van der Waals surface area (Å²) in [4.78, 5) is 47.1. The molecule has 21 nitrogen and oxygen atoms in total. The number of hydrogen-bond acceptors (Lipinski definition) is 16. The molecule has 0 radical (unpaired) electrons. The van der Waals surface area contributed by atoms with Crippen molar-refractivity contribution >= 4 is 23.6 Å². The summed E-state index contributed by atoms with van der Waals surface area (Å²) < 4.78 is 0. The van der Waals surface area contributed by atoms with Crippen LogP contribution >= 0.6 is 0 Å². The van der Waals surface area contributed by atoms with Crippen LogP contribution in [0.4, 0.5) is 0 Å². The molecule has 0 aromatic heterocycles. The highest BCUT2D eigenvalue weighted by molar-refractivity contribution is 5.76. The van der Waals surface area contributed by atoms with Gasteiger partial charge in [-0.1, -0.05) is 83.1 Å². The second kappa shape index (κ2) is 37.7. The van der Waals surface area contributed by atoms with Crippen molar-refractivity contribution in [1.82, 2.24) is 21.3 Å². The average Bonchev–Trinajstić information content (AvgIpc) is 1.61. The van der Waals surface area contributed by atoms with Crippen molar-refractivity contribution < 1.29 is 85.9 Å². The summed E-state index contributed by atoms with van der Waals surface area (Å²) in [7, 11) is 6.75. The summed E-state index contributed by atoms with van der Waals surface area (Å²) >= 11 is 0. The third-order valence-electron chi connectivity index (χ3n) is 42.5. The first kappa shape index (κ1) is 97.4. The Labute approximate surface area is 728 Å². The van der Waals surface area contributed by atoms with Gasteiger partial charge in [0.05, 0.1) is 73.2 Å². The standard InChI is InChI=1S/4C25H43NO4.H2O/c4*1-14(5-8-22(30)26-4)17-6-7-18-23-19(13-21(29)25(17,18)3)24(2)10-9-16(27)11-15(24)12-20(23)28;/h4*14-21,23,27-29H,5-13H2,1-4H3,(H,26,30);1H2/t4*14-,15+,16-,17-,18+,19+,20-,21+,23+,24+,25-;/m1111./s1. The van der Waals surface area contributed by atoms with Crippen molar-refractivity contribution in [3.8, 4) is 0 Å². The van der Waals surface area contributed by atoms with Crippen LogP contribution < -0.4 is 21.3 Å². The van der Waals surface area contributed by atoms with Crippen LogP contribution in [-0.4, -0.2) is 192 Å². The van der Waals surface area contributed by atoms with Crippen molar-refractivity contribution in [2.24, 2.45) is 185 Å². The SMILES string of the molecule is CNC(=O)CC[C@@H](C)[C@H]1CC[C@H]2[C@@H]3[C@H](O)C[C@@H]4C[C@H](O)CC[C@]4(C)[C@H]3C[C@H](O)[C@]12C.CNC(=O)CC[C@@H](C)[C@H]1CC[C@H]2[C@@H]3[C@H](O)C[C@@H]4C[C@H](O)CC[C@]4(C)[C@H]3C[C@H](O)[C@]12C.CNC(=O)CC[C@@H](C)[C@H]1CC[C@H]2[C@@H]3[C@H](O)C[C@@H]4C[C@H](O)CC[C@]4(C)[C@H]3C[C@H](O)[C@]12C.CNC(=O)CC[C@@H](C)[C@H]1CC[C@H]2[C@@H]3[C@H](O)C[C@@H]4C[C@H](O)CC[C@]4(C)[C@H]3C[C@H](O)[C@]12C.O. The lowest BCUT2D eigenvalue weighted by molar-refractivity contribution is -0.207. The van der Waals surface area contributed by atoms with Gasteiger partial charge in [-0.15, -0.1) is 0 Å². The molecule has 16 aliphatic carbocycles. The van der Waals surface area contributed by atoms with Crippen LogP contribution in [0.2, 0.25) is 0 Å². The number of nitrogens with one attached hydrogen (secondary N) is 4. The maximum atomic E-state index is 11.8. The molecular formula is C100H174N4O17. The van der Waals surface area contributed by atoms with Crippen molar-refractivity contribution in [3.05, 3.63) is 0 Å². The van der Waals surface area contributed by atoms with E-state index >= 15 is 0 Å². The molecule has 0 aromatic rings. The number of fused-ring (bicyclic) bond motifs is 20. The number of aliphatic hydroxyl groups excluding tert-OH is 12. The fourth-order valence-electron chi connectivity index (χ4n) is 35.3. The minimum Gasteiger partial charge on any atom is -0.412 e. The lowest BCUT2D eigenvalue weighted by Crippen LogP contribution is -2.62. The van der Waals surface area contributed by atoms with Gasteiger partial charge in [0.15, 0.2) is 0 Å². The van der Waals surface area contributed by atoms with Gasteiger partial charge in [0, 0.05) is 53.9 Å². The Morgan fingerprint density at radius 2 is 0.455 bits per heavy atom. The predicted octanol–water partition coefficient (Wildman–Crippen LogP) is 11.6. The van der Waals surface area contributed by atoms with E-state index in [4.69, 9.17) is 0 Å². The molecule has 0 aliphatic heterocycles. The third kappa shape index (κ3) is 17.2. The highest BCUT2D eigenvalue weighted by atomic mass is 16.3. The third-order valence-corrected chi connectivity index (χ3v) is 42.5. The van der Waals surface area contributed by atoms with Gasteiger partial charge < -0.3 is 88.0 Å². The van der Waals surface area contributed by atoms with Gasteiger partial charge in [-0.2, -0.15) is 0 Å². The average molecular weight is 1700 g/mol. The van der Waals surface area contributed by atoms with Crippen molar-refractivity contribution in [2.45, 2.75) is 387 Å². The first-order valence-corrected chi connectivity index (χ1v) is 49.5. The van der Waals surface area contributed by atoms with Gasteiger partial charge in [-0.25, -0.2) is 0 Å². The minimum absolute atomic E-state index is 0. The number of carbonyl (C=O) groups is 4. The zero-order valence-corrected chi connectivity index (χ0v) is 77.7. The molecule has 121 heavy (non-hydrogen) atoms. The normalized spacial score (nSPS) is 51.0. The lowest BCUT2D eigenvalue weighted by atomic mass is 9.43. The molecule has 0 bridgehead atoms. The summed E-state index contributed by atoms with van der Waals surface area (Å²) in [5.74, 6) is 8.69. The van der Waals surface area contributed by atoms with Crippen LogP contribution in [0.3, 0.4) is 0 Å². The van der Waals surface area contributed by atoms with Gasteiger partial charge in [0.1, 0.15) is 0 Å². The number of amides is 4. The summed E-state index contributed by atoms with van der Waals surface area (Å²) in [6.07, 6.45) is 27.5. The van der Waals surface area contributed by atoms with Crippen molar-refractivity contribution in [1.29, 1.82) is 0 Å². The Morgan fingerprint density at radius 1 is 0.273 bits per heavy atom. The molecule has 0 aromatic carbocycles. The molecule has 0 heterocycles. The molecule has 0 unspecified atom stereocenters. The first-order valence-electron chi connectivity index (χ1n) is 49.5. The van der Waals surface area contributed by atoms with E-state index in [2.05, 4.69) is 104 Å². The van der Waals surface area contributed by atoms with E-state index in [1.54, 1.807) is 28.2 Å². The van der Waals surface area contributed by atoms with E-state index in [9.17, 15) is 80.5 Å². The summed E-state index contributed by atoms with van der Waals surface area (Å²) in [6.45, 7) is 27.6. The second-order valence-corrected chi connectivity index (χ2v) is 46.9. The van der Waals surface area contributed by atoms with Crippen LogP contribution in [0, 0.1) is 185 Å². The predicted molar refractivity (Wildman–Crippen MR) is 469 cm³/mol. The fraction of sp³-hybridized carbons (Fsp3) is 0.960. The number of rotatable bonds is 16. The Kier molecular flexibility index (Phi) is 30.3. The van der Waals surface area contributed by atoms with Gasteiger partial charge in [-0.05, 0) is 391 Å². The molecule has 16 aliphatic rings. The molecular weight excluding hydrogens is 1530 g/mol. The van der Waals surface area contributed by atoms with E-state index < -0.39 is 0 Å². The van der Waals surface area contributed by atoms with Gasteiger partial charge in [0.25, 0.3) is 0 Å². The van der Waals surface area contributed by atoms with Gasteiger partial charge >= 0.3 is 0 Å².